The molecule has 1 aromatic carbocycles. The second kappa shape index (κ2) is 9.52. The molecule has 7 nitrogen and oxygen atoms in total. The molecule has 8 heteroatoms. The lowest BCUT2D eigenvalue weighted by molar-refractivity contribution is -0.121. The third-order valence-corrected chi connectivity index (χ3v) is 6.52. The largest absolute Gasteiger partial charge is 0.497 e. The van der Waals surface area contributed by atoms with Gasteiger partial charge in [-0.05, 0) is 57.9 Å². The molecule has 30 heavy (non-hydrogen) atoms. The molecule has 0 saturated heterocycles. The van der Waals surface area contributed by atoms with Gasteiger partial charge in [0.1, 0.15) is 11.3 Å². The number of carbonyl (C=O) groups is 1. The molecule has 1 fully saturated rings. The molecule has 3 rings (SSSR count). The highest BCUT2D eigenvalue weighted by Gasteiger charge is 2.35. The predicted octanol–water partition coefficient (Wildman–Crippen LogP) is 4.36. The summed E-state index contributed by atoms with van der Waals surface area (Å²) in [6.07, 6.45) is 4.51. The zero-order chi connectivity index (χ0) is 21.7. The molecule has 1 heterocycles. The Balaban J connectivity index is 1.77. The maximum absolute atomic E-state index is 12.9. The van der Waals surface area contributed by atoms with Crippen LogP contribution in [0.3, 0.4) is 0 Å². The van der Waals surface area contributed by atoms with E-state index >= 15 is 0 Å². The molecular weight excluding hydrogens is 398 g/mol. The molecule has 1 aliphatic carbocycles. The van der Waals surface area contributed by atoms with Crippen molar-refractivity contribution in [3.63, 3.8) is 0 Å². The van der Waals surface area contributed by atoms with Gasteiger partial charge in [0.15, 0.2) is 11.0 Å². The van der Waals surface area contributed by atoms with Gasteiger partial charge in [-0.2, -0.15) is 5.26 Å². The van der Waals surface area contributed by atoms with Crippen LogP contribution in [0.25, 0.3) is 11.4 Å². The van der Waals surface area contributed by atoms with Gasteiger partial charge in [-0.3, -0.25) is 9.36 Å². The number of amides is 1. The number of benzene rings is 1. The zero-order valence-electron chi connectivity index (χ0n) is 18.0. The fourth-order valence-electron chi connectivity index (χ4n) is 3.73. The first-order valence-corrected chi connectivity index (χ1v) is 11.3. The molecule has 1 saturated carbocycles. The highest BCUT2D eigenvalue weighted by molar-refractivity contribution is 8.00. The Morgan fingerprint density at radius 3 is 2.43 bits per heavy atom. The van der Waals surface area contributed by atoms with Gasteiger partial charge in [-0.1, -0.05) is 31.0 Å². The number of aromatic nitrogens is 3. The minimum Gasteiger partial charge on any atom is -0.497 e. The molecule has 1 amide bonds. The smallest absolute Gasteiger partial charge is 0.234 e. The molecule has 0 radical (unpaired) electrons. The van der Waals surface area contributed by atoms with E-state index in [9.17, 15) is 10.1 Å². The monoisotopic (exact) mass is 427 g/mol. The second-order valence-corrected chi connectivity index (χ2v) is 9.31. The maximum Gasteiger partial charge on any atom is 0.234 e. The molecule has 2 aromatic rings. The van der Waals surface area contributed by atoms with Crippen LogP contribution in [0.2, 0.25) is 0 Å². The lowest BCUT2D eigenvalue weighted by Gasteiger charge is -2.32. The summed E-state index contributed by atoms with van der Waals surface area (Å²) < 4.78 is 7.27. The number of ether oxygens (including phenoxy) is 1. The SMILES string of the molecule is COc1ccc(-c2nnc(SC(C)C(=O)NC3(C#N)CCCCC3)n2C(C)C)cc1. The summed E-state index contributed by atoms with van der Waals surface area (Å²) in [7, 11) is 1.64. The molecule has 1 aromatic heterocycles. The highest BCUT2D eigenvalue weighted by atomic mass is 32.2. The first kappa shape index (κ1) is 22.2. The van der Waals surface area contributed by atoms with E-state index in [1.54, 1.807) is 7.11 Å². The van der Waals surface area contributed by atoms with Gasteiger partial charge in [0, 0.05) is 11.6 Å². The van der Waals surface area contributed by atoms with E-state index in [0.29, 0.717) is 5.16 Å². The highest BCUT2D eigenvalue weighted by Crippen LogP contribution is 2.32. The van der Waals surface area contributed by atoms with E-state index in [0.717, 1.165) is 49.2 Å². The Morgan fingerprint density at radius 2 is 1.87 bits per heavy atom. The van der Waals surface area contributed by atoms with Crippen molar-refractivity contribution in [2.45, 2.75) is 74.9 Å². The fraction of sp³-hybridized carbons (Fsp3) is 0.545. The number of hydrogen-bond acceptors (Lipinski definition) is 6. The number of rotatable bonds is 7. The Bertz CT molecular complexity index is 911. The Hall–Kier alpha value is -2.53. The van der Waals surface area contributed by atoms with Crippen molar-refractivity contribution in [3.8, 4) is 23.2 Å². The van der Waals surface area contributed by atoms with E-state index in [2.05, 4.69) is 35.4 Å². The van der Waals surface area contributed by atoms with Gasteiger partial charge in [0.2, 0.25) is 5.91 Å². The minimum atomic E-state index is -0.732. The van der Waals surface area contributed by atoms with Crippen LogP contribution in [0.1, 0.15) is 58.9 Å². The summed E-state index contributed by atoms with van der Waals surface area (Å²) in [6, 6.07) is 10.2. The molecule has 1 aliphatic rings. The number of hydrogen-bond donors (Lipinski definition) is 1. The molecule has 1 N–H and O–H groups in total. The van der Waals surface area contributed by atoms with E-state index in [1.807, 2.05) is 35.8 Å². The molecular formula is C22H29N5O2S. The molecule has 0 bridgehead atoms. The van der Waals surface area contributed by atoms with E-state index in [1.165, 1.54) is 11.8 Å². The lowest BCUT2D eigenvalue weighted by atomic mass is 9.83. The van der Waals surface area contributed by atoms with Gasteiger partial charge < -0.3 is 10.1 Å². The Kier molecular flexibility index (Phi) is 7.03. The number of methoxy groups -OCH3 is 1. The molecule has 0 aliphatic heterocycles. The third-order valence-electron chi connectivity index (χ3n) is 5.46. The van der Waals surface area contributed by atoms with Crippen LogP contribution in [-0.2, 0) is 4.79 Å². The van der Waals surface area contributed by atoms with E-state index < -0.39 is 5.54 Å². The number of carbonyl (C=O) groups excluding carboxylic acids is 1. The summed E-state index contributed by atoms with van der Waals surface area (Å²) in [5.74, 6) is 1.40. The number of thioether (sulfide) groups is 1. The van der Waals surface area contributed by atoms with Gasteiger partial charge in [-0.25, -0.2) is 0 Å². The summed E-state index contributed by atoms with van der Waals surface area (Å²) >= 11 is 1.37. The van der Waals surface area contributed by atoms with Crippen LogP contribution in [0.4, 0.5) is 0 Å². The number of nitrogens with zero attached hydrogens (tertiary/aromatic N) is 4. The normalized spacial score (nSPS) is 16.7. The van der Waals surface area contributed by atoms with Crippen molar-refractivity contribution in [2.24, 2.45) is 0 Å². The van der Waals surface area contributed by atoms with Crippen molar-refractivity contribution < 1.29 is 9.53 Å². The summed E-state index contributed by atoms with van der Waals surface area (Å²) in [5.41, 5.74) is 0.205. The average molecular weight is 428 g/mol. The van der Waals surface area contributed by atoms with E-state index in [4.69, 9.17) is 4.74 Å². The van der Waals surface area contributed by atoms with Crippen LogP contribution in [0.5, 0.6) is 5.75 Å². The van der Waals surface area contributed by atoms with Crippen molar-refractivity contribution in [3.05, 3.63) is 24.3 Å². The maximum atomic E-state index is 12.9. The molecule has 160 valence electrons. The van der Waals surface area contributed by atoms with Crippen LogP contribution in [0.15, 0.2) is 29.4 Å². The Labute approximate surface area is 182 Å². The molecule has 1 unspecified atom stereocenters. The lowest BCUT2D eigenvalue weighted by Crippen LogP contribution is -2.51. The van der Waals surface area contributed by atoms with Crippen molar-refractivity contribution in [2.75, 3.05) is 7.11 Å². The first-order valence-electron chi connectivity index (χ1n) is 10.4. The van der Waals surface area contributed by atoms with Gasteiger partial charge in [0.25, 0.3) is 0 Å². The summed E-state index contributed by atoms with van der Waals surface area (Å²) in [5, 5.41) is 21.7. The van der Waals surface area contributed by atoms with Crippen molar-refractivity contribution in [1.82, 2.24) is 20.1 Å². The van der Waals surface area contributed by atoms with E-state index in [-0.39, 0.29) is 17.2 Å². The topological polar surface area (TPSA) is 92.8 Å². The molecule has 0 spiro atoms. The first-order chi connectivity index (χ1) is 14.4. The fourth-order valence-corrected chi connectivity index (χ4v) is 4.71. The Morgan fingerprint density at radius 1 is 1.20 bits per heavy atom. The number of nitriles is 1. The third kappa shape index (κ3) is 4.78. The second-order valence-electron chi connectivity index (χ2n) is 8.00. The standard InChI is InChI=1S/C22H29N5O2S/c1-15(2)27-19(17-8-10-18(29-4)11-9-17)25-26-21(27)30-16(3)20(28)24-22(14-23)12-6-5-7-13-22/h8-11,15-16H,5-7,12-13H2,1-4H3,(H,24,28). The van der Waals surface area contributed by atoms with Crippen LogP contribution in [0, 0.1) is 11.3 Å². The molecule has 1 atom stereocenters. The van der Waals surface area contributed by atoms with Crippen molar-refractivity contribution in [1.29, 1.82) is 5.26 Å². The van der Waals surface area contributed by atoms with Crippen LogP contribution in [-0.4, -0.2) is 38.6 Å². The number of nitrogens with one attached hydrogen (secondary N) is 1. The van der Waals surface area contributed by atoms with Gasteiger partial charge >= 0.3 is 0 Å². The van der Waals surface area contributed by atoms with Crippen LogP contribution >= 0.6 is 11.8 Å². The predicted molar refractivity (Wildman–Crippen MR) is 117 cm³/mol. The van der Waals surface area contributed by atoms with Gasteiger partial charge in [-0.15, -0.1) is 10.2 Å². The van der Waals surface area contributed by atoms with Gasteiger partial charge in [0.05, 0.1) is 18.4 Å². The van der Waals surface area contributed by atoms with Crippen LogP contribution < -0.4 is 10.1 Å². The minimum absolute atomic E-state index is 0.124. The summed E-state index contributed by atoms with van der Waals surface area (Å²) in [6.45, 7) is 5.98. The average Bonchev–Trinajstić information content (AvgIpc) is 3.18. The van der Waals surface area contributed by atoms with Crippen molar-refractivity contribution >= 4 is 17.7 Å². The quantitative estimate of drug-likeness (QED) is 0.660. The summed E-state index contributed by atoms with van der Waals surface area (Å²) in [4.78, 5) is 12.9. The zero-order valence-corrected chi connectivity index (χ0v) is 18.8.